The van der Waals surface area contributed by atoms with Crippen LogP contribution >= 0.6 is 0 Å². The van der Waals surface area contributed by atoms with Gasteiger partial charge in [0.15, 0.2) is 0 Å². The molecule has 0 aliphatic rings. The van der Waals surface area contributed by atoms with Crippen LogP contribution in [0.15, 0.2) is 48.5 Å². The summed E-state index contributed by atoms with van der Waals surface area (Å²) >= 11 is 0. The molecule has 16 heavy (non-hydrogen) atoms. The molecule has 0 fully saturated rings. The van der Waals surface area contributed by atoms with Crippen LogP contribution in [0.5, 0.6) is 0 Å². The van der Waals surface area contributed by atoms with Crippen molar-refractivity contribution in [1.29, 1.82) is 0 Å². The molecule has 2 aromatic carbocycles. The van der Waals surface area contributed by atoms with Crippen molar-refractivity contribution in [2.45, 2.75) is 0 Å². The van der Waals surface area contributed by atoms with Gasteiger partial charge in [0.25, 0.3) is 0 Å². The Labute approximate surface area is 94.1 Å². The van der Waals surface area contributed by atoms with E-state index in [1.807, 2.05) is 30.3 Å². The molecule has 0 saturated carbocycles. The number of benzene rings is 2. The van der Waals surface area contributed by atoms with Crippen LogP contribution in [0, 0.1) is 5.82 Å². The second-order valence-electron chi connectivity index (χ2n) is 3.57. The van der Waals surface area contributed by atoms with Crippen LogP contribution in [0.3, 0.4) is 0 Å². The van der Waals surface area contributed by atoms with E-state index in [1.165, 1.54) is 6.07 Å². The first kappa shape index (κ1) is 10.5. The molecule has 2 rings (SSSR count). The number of nitrogens with two attached hydrogens (primary N) is 1. The Kier molecular flexibility index (Phi) is 2.77. The van der Waals surface area contributed by atoms with Crippen LogP contribution < -0.4 is 10.6 Å². The van der Waals surface area contributed by atoms with Gasteiger partial charge in [0.2, 0.25) is 0 Å². The molecule has 2 N–H and O–H groups in total. The Bertz CT molecular complexity index is 462. The molecule has 0 saturated heterocycles. The SMILES string of the molecule is CN(c1ccccc1)c1c(N)cccc1F. The van der Waals surface area contributed by atoms with Crippen LogP contribution in [-0.4, -0.2) is 7.05 Å². The lowest BCUT2D eigenvalue weighted by atomic mass is 10.2. The number of hydrogen-bond donors (Lipinski definition) is 1. The third-order valence-electron chi connectivity index (χ3n) is 2.50. The first-order valence-corrected chi connectivity index (χ1v) is 5.03. The highest BCUT2D eigenvalue weighted by atomic mass is 19.1. The predicted octanol–water partition coefficient (Wildman–Crippen LogP) is 3.18. The van der Waals surface area contributed by atoms with Crippen molar-refractivity contribution >= 4 is 17.1 Å². The highest BCUT2D eigenvalue weighted by molar-refractivity contribution is 5.74. The fourth-order valence-electron chi connectivity index (χ4n) is 1.67. The third kappa shape index (κ3) is 1.84. The topological polar surface area (TPSA) is 29.3 Å². The van der Waals surface area contributed by atoms with Gasteiger partial charge in [0.05, 0.1) is 5.69 Å². The Morgan fingerprint density at radius 3 is 2.31 bits per heavy atom. The van der Waals surface area contributed by atoms with Crippen molar-refractivity contribution in [1.82, 2.24) is 0 Å². The highest BCUT2D eigenvalue weighted by Gasteiger charge is 2.11. The molecule has 0 atom stereocenters. The van der Waals surface area contributed by atoms with Gasteiger partial charge in [0, 0.05) is 12.7 Å². The van der Waals surface area contributed by atoms with Gasteiger partial charge in [-0.25, -0.2) is 4.39 Å². The molecule has 0 radical (unpaired) electrons. The number of halogens is 1. The lowest BCUT2D eigenvalue weighted by Gasteiger charge is -2.21. The molecule has 2 aromatic rings. The van der Waals surface area contributed by atoms with Crippen molar-refractivity contribution < 1.29 is 4.39 Å². The van der Waals surface area contributed by atoms with Crippen molar-refractivity contribution in [3.8, 4) is 0 Å². The quantitative estimate of drug-likeness (QED) is 0.781. The first-order valence-electron chi connectivity index (χ1n) is 5.03. The summed E-state index contributed by atoms with van der Waals surface area (Å²) in [4.78, 5) is 1.74. The van der Waals surface area contributed by atoms with Gasteiger partial charge in [0.1, 0.15) is 11.5 Å². The molecule has 2 nitrogen and oxygen atoms in total. The molecule has 0 spiro atoms. The van der Waals surface area contributed by atoms with Crippen molar-refractivity contribution in [2.24, 2.45) is 0 Å². The summed E-state index contributed by atoms with van der Waals surface area (Å²) < 4.78 is 13.7. The summed E-state index contributed by atoms with van der Waals surface area (Å²) in [6, 6.07) is 14.3. The van der Waals surface area contributed by atoms with E-state index in [0.717, 1.165) is 5.69 Å². The summed E-state index contributed by atoms with van der Waals surface area (Å²) in [6.45, 7) is 0. The van der Waals surface area contributed by atoms with Gasteiger partial charge < -0.3 is 10.6 Å². The van der Waals surface area contributed by atoms with E-state index < -0.39 is 0 Å². The predicted molar refractivity (Wildman–Crippen MR) is 65.3 cm³/mol. The van der Waals surface area contributed by atoms with E-state index >= 15 is 0 Å². The fourth-order valence-corrected chi connectivity index (χ4v) is 1.67. The zero-order chi connectivity index (χ0) is 11.5. The van der Waals surface area contributed by atoms with E-state index in [1.54, 1.807) is 24.1 Å². The lowest BCUT2D eigenvalue weighted by molar-refractivity contribution is 0.628. The molecule has 0 aliphatic heterocycles. The number of para-hydroxylation sites is 2. The van der Waals surface area contributed by atoms with E-state index in [4.69, 9.17) is 5.73 Å². The van der Waals surface area contributed by atoms with Crippen molar-refractivity contribution in [2.75, 3.05) is 17.7 Å². The molecule has 82 valence electrons. The molecule has 0 bridgehead atoms. The third-order valence-corrected chi connectivity index (χ3v) is 2.50. The Balaban J connectivity index is 2.46. The van der Waals surface area contributed by atoms with Crippen LogP contribution in [-0.2, 0) is 0 Å². The summed E-state index contributed by atoms with van der Waals surface area (Å²) in [6.07, 6.45) is 0. The molecule has 0 unspecified atom stereocenters. The minimum atomic E-state index is -0.314. The maximum absolute atomic E-state index is 13.7. The highest BCUT2D eigenvalue weighted by Crippen LogP contribution is 2.30. The zero-order valence-electron chi connectivity index (χ0n) is 9.02. The minimum Gasteiger partial charge on any atom is -0.397 e. The Hall–Kier alpha value is -2.03. The number of rotatable bonds is 2. The molecule has 0 amide bonds. The normalized spacial score (nSPS) is 10.1. The minimum absolute atomic E-state index is 0.314. The standard InChI is InChI=1S/C13H13FN2/c1-16(10-6-3-2-4-7-10)13-11(14)8-5-9-12(13)15/h2-9H,15H2,1H3. The largest absolute Gasteiger partial charge is 0.397 e. The van der Waals surface area contributed by atoms with Gasteiger partial charge in [-0.15, -0.1) is 0 Å². The van der Waals surface area contributed by atoms with Crippen LogP contribution in [0.4, 0.5) is 21.5 Å². The molecular formula is C13H13FN2. The van der Waals surface area contributed by atoms with E-state index in [2.05, 4.69) is 0 Å². The second-order valence-corrected chi connectivity index (χ2v) is 3.57. The van der Waals surface area contributed by atoms with E-state index in [-0.39, 0.29) is 5.82 Å². The van der Waals surface area contributed by atoms with Gasteiger partial charge >= 0.3 is 0 Å². The van der Waals surface area contributed by atoms with Crippen LogP contribution in [0.2, 0.25) is 0 Å². The Morgan fingerprint density at radius 1 is 1.00 bits per heavy atom. The molecule has 3 heteroatoms. The maximum Gasteiger partial charge on any atom is 0.148 e. The monoisotopic (exact) mass is 216 g/mol. The fraction of sp³-hybridized carbons (Fsp3) is 0.0769. The number of nitrogen functional groups attached to an aromatic ring is 1. The summed E-state index contributed by atoms with van der Waals surface area (Å²) in [5, 5.41) is 0. The van der Waals surface area contributed by atoms with Gasteiger partial charge in [-0.05, 0) is 24.3 Å². The molecular weight excluding hydrogens is 203 g/mol. The van der Waals surface area contributed by atoms with Crippen LogP contribution in [0.1, 0.15) is 0 Å². The van der Waals surface area contributed by atoms with Gasteiger partial charge in [-0.2, -0.15) is 0 Å². The molecule has 0 aliphatic carbocycles. The molecule has 0 aromatic heterocycles. The van der Waals surface area contributed by atoms with Crippen molar-refractivity contribution in [3.05, 3.63) is 54.3 Å². The first-order chi connectivity index (χ1) is 7.70. The van der Waals surface area contributed by atoms with E-state index in [0.29, 0.717) is 11.4 Å². The van der Waals surface area contributed by atoms with Crippen molar-refractivity contribution in [3.63, 3.8) is 0 Å². The Morgan fingerprint density at radius 2 is 1.69 bits per heavy atom. The summed E-state index contributed by atoms with van der Waals surface area (Å²) in [5.41, 5.74) is 7.53. The van der Waals surface area contributed by atoms with Crippen LogP contribution in [0.25, 0.3) is 0 Å². The average molecular weight is 216 g/mol. The number of anilines is 3. The number of nitrogens with zero attached hydrogens (tertiary/aromatic N) is 1. The summed E-state index contributed by atoms with van der Waals surface area (Å²) in [7, 11) is 1.80. The van der Waals surface area contributed by atoms with E-state index in [9.17, 15) is 4.39 Å². The average Bonchev–Trinajstić information content (AvgIpc) is 2.30. The summed E-state index contributed by atoms with van der Waals surface area (Å²) in [5.74, 6) is -0.314. The molecule has 0 heterocycles. The smallest absolute Gasteiger partial charge is 0.148 e. The zero-order valence-corrected chi connectivity index (χ0v) is 9.02. The maximum atomic E-state index is 13.7. The van der Waals surface area contributed by atoms with Gasteiger partial charge in [-0.3, -0.25) is 0 Å². The number of hydrogen-bond acceptors (Lipinski definition) is 2. The van der Waals surface area contributed by atoms with Gasteiger partial charge in [-0.1, -0.05) is 24.3 Å². The second kappa shape index (κ2) is 4.23. The lowest BCUT2D eigenvalue weighted by Crippen LogP contribution is -2.13.